The van der Waals surface area contributed by atoms with Crippen LogP contribution in [0.4, 0.5) is 4.79 Å². The standard InChI is InChI=1S/C32H39NO5/c1-32(2,3)38-31(37)33-28(21-25-12-8-5-9-13-25)29(34)22-27(30(35)36)20-26-18-16-24(17-19-26)15-14-23-10-6-4-7-11-23/h4-13,16-19,27-29,34H,14-15,20-22H2,1-3H3,(H,33,37)(H,35,36)/t27-,28+,29+/m1/s1. The van der Waals surface area contributed by atoms with Gasteiger partial charge < -0.3 is 20.3 Å². The molecular formula is C32H39NO5. The zero-order valence-electron chi connectivity index (χ0n) is 22.5. The molecule has 38 heavy (non-hydrogen) atoms. The molecule has 0 saturated carbocycles. The fourth-order valence-electron chi connectivity index (χ4n) is 4.40. The van der Waals surface area contributed by atoms with Crippen LogP contribution >= 0.6 is 0 Å². The highest BCUT2D eigenvalue weighted by Crippen LogP contribution is 2.20. The second kappa shape index (κ2) is 13.8. The molecule has 202 valence electrons. The highest BCUT2D eigenvalue weighted by molar-refractivity contribution is 5.70. The summed E-state index contributed by atoms with van der Waals surface area (Å²) in [5.74, 6) is -1.79. The molecule has 0 saturated heterocycles. The Morgan fingerprint density at radius 3 is 1.76 bits per heavy atom. The van der Waals surface area contributed by atoms with Crippen molar-refractivity contribution in [1.29, 1.82) is 0 Å². The smallest absolute Gasteiger partial charge is 0.407 e. The van der Waals surface area contributed by atoms with Gasteiger partial charge >= 0.3 is 12.1 Å². The Morgan fingerprint density at radius 2 is 1.24 bits per heavy atom. The molecule has 0 aliphatic rings. The predicted molar refractivity (Wildman–Crippen MR) is 149 cm³/mol. The first-order valence-corrected chi connectivity index (χ1v) is 13.1. The third kappa shape index (κ3) is 10.0. The molecule has 0 fully saturated rings. The third-order valence-corrected chi connectivity index (χ3v) is 6.39. The van der Waals surface area contributed by atoms with Gasteiger partial charge in [-0.15, -0.1) is 0 Å². The number of carboxylic acids is 1. The Hall–Kier alpha value is -3.64. The molecule has 3 aromatic rings. The van der Waals surface area contributed by atoms with Gasteiger partial charge in [-0.25, -0.2) is 4.79 Å². The van der Waals surface area contributed by atoms with Crippen LogP contribution in [0.3, 0.4) is 0 Å². The van der Waals surface area contributed by atoms with Crippen LogP contribution in [0, 0.1) is 5.92 Å². The van der Waals surface area contributed by atoms with Gasteiger partial charge in [-0.2, -0.15) is 0 Å². The Morgan fingerprint density at radius 1 is 0.763 bits per heavy atom. The summed E-state index contributed by atoms with van der Waals surface area (Å²) in [7, 11) is 0. The Balaban J connectivity index is 1.64. The number of hydrogen-bond donors (Lipinski definition) is 3. The molecule has 6 heteroatoms. The van der Waals surface area contributed by atoms with E-state index in [2.05, 4.69) is 17.4 Å². The van der Waals surface area contributed by atoms with Crippen LogP contribution < -0.4 is 5.32 Å². The highest BCUT2D eigenvalue weighted by atomic mass is 16.6. The molecule has 3 rings (SSSR count). The molecule has 0 aliphatic heterocycles. The summed E-state index contributed by atoms with van der Waals surface area (Å²) in [6, 6.07) is 27.1. The first-order chi connectivity index (χ1) is 18.1. The normalized spacial score (nSPS) is 13.8. The van der Waals surface area contributed by atoms with Crippen LogP contribution in [0.1, 0.15) is 49.4 Å². The largest absolute Gasteiger partial charge is 0.481 e. The number of carboxylic acid groups (broad SMARTS) is 1. The van der Waals surface area contributed by atoms with Crippen molar-refractivity contribution >= 4 is 12.1 Å². The van der Waals surface area contributed by atoms with Crippen LogP contribution in [-0.2, 0) is 35.2 Å². The van der Waals surface area contributed by atoms with Crippen molar-refractivity contribution in [3.05, 3.63) is 107 Å². The van der Waals surface area contributed by atoms with Crippen LogP contribution in [0.25, 0.3) is 0 Å². The number of rotatable bonds is 12. The second-order valence-electron chi connectivity index (χ2n) is 10.8. The van der Waals surface area contributed by atoms with E-state index in [1.54, 1.807) is 20.8 Å². The number of nitrogens with one attached hydrogen (secondary N) is 1. The molecule has 1 amide bonds. The van der Waals surface area contributed by atoms with E-state index >= 15 is 0 Å². The van der Waals surface area contributed by atoms with E-state index in [-0.39, 0.29) is 12.8 Å². The molecule has 0 bridgehead atoms. The molecule has 3 N–H and O–H groups in total. The number of alkyl carbamates (subject to hydrolysis) is 1. The Kier molecular flexibility index (Phi) is 10.5. The molecule has 0 aliphatic carbocycles. The number of carbonyl (C=O) groups is 2. The van der Waals surface area contributed by atoms with Gasteiger partial charge in [0.25, 0.3) is 0 Å². The van der Waals surface area contributed by atoms with Crippen molar-refractivity contribution in [2.45, 2.75) is 70.6 Å². The number of aliphatic hydroxyl groups excluding tert-OH is 1. The SMILES string of the molecule is CC(C)(C)OC(=O)N[C@@H](Cc1ccccc1)[C@@H](O)C[C@@H](Cc1ccc(CCc2ccccc2)cc1)C(=O)O. The second-order valence-corrected chi connectivity index (χ2v) is 10.8. The fraction of sp³-hybridized carbons (Fsp3) is 0.375. The zero-order valence-corrected chi connectivity index (χ0v) is 22.5. The minimum atomic E-state index is -1.08. The van der Waals surface area contributed by atoms with Gasteiger partial charge in [0, 0.05) is 0 Å². The summed E-state index contributed by atoms with van der Waals surface area (Å²) in [4.78, 5) is 24.6. The van der Waals surface area contributed by atoms with Crippen molar-refractivity contribution in [2.24, 2.45) is 5.92 Å². The first-order valence-electron chi connectivity index (χ1n) is 13.1. The molecule has 6 nitrogen and oxygen atoms in total. The maximum Gasteiger partial charge on any atom is 0.407 e. The molecule has 3 atom stereocenters. The zero-order chi connectivity index (χ0) is 27.5. The van der Waals surface area contributed by atoms with Crippen LogP contribution in [0.5, 0.6) is 0 Å². The maximum atomic E-state index is 12.5. The molecule has 0 radical (unpaired) electrons. The first kappa shape index (κ1) is 28.9. The van der Waals surface area contributed by atoms with Crippen molar-refractivity contribution in [3.8, 4) is 0 Å². The summed E-state index contributed by atoms with van der Waals surface area (Å²) < 4.78 is 5.39. The molecule has 0 unspecified atom stereocenters. The number of amides is 1. The lowest BCUT2D eigenvalue weighted by molar-refractivity contribution is -0.143. The van der Waals surface area contributed by atoms with E-state index < -0.39 is 35.7 Å². The van der Waals surface area contributed by atoms with Gasteiger partial charge in [0.1, 0.15) is 5.60 Å². The van der Waals surface area contributed by atoms with Crippen LogP contribution in [-0.4, -0.2) is 40.0 Å². The van der Waals surface area contributed by atoms with Gasteiger partial charge in [-0.05, 0) is 75.1 Å². The minimum Gasteiger partial charge on any atom is -0.481 e. The number of ether oxygens (including phenoxy) is 1. The average molecular weight is 518 g/mol. The van der Waals surface area contributed by atoms with Gasteiger partial charge in [0.05, 0.1) is 18.1 Å². The van der Waals surface area contributed by atoms with E-state index in [1.807, 2.05) is 72.8 Å². The molecule has 3 aromatic carbocycles. The summed E-state index contributed by atoms with van der Waals surface area (Å²) in [6.45, 7) is 5.30. The van der Waals surface area contributed by atoms with Gasteiger partial charge in [0.2, 0.25) is 0 Å². The molecule has 0 heterocycles. The van der Waals surface area contributed by atoms with Crippen molar-refractivity contribution in [1.82, 2.24) is 5.32 Å². The quantitative estimate of drug-likeness (QED) is 0.291. The lowest BCUT2D eigenvalue weighted by atomic mass is 9.89. The highest BCUT2D eigenvalue weighted by Gasteiger charge is 2.30. The number of carbonyl (C=O) groups excluding carboxylic acids is 1. The van der Waals surface area contributed by atoms with Crippen molar-refractivity contribution in [2.75, 3.05) is 0 Å². The lowest BCUT2D eigenvalue weighted by Crippen LogP contribution is -2.47. The topological polar surface area (TPSA) is 95.9 Å². The van der Waals surface area contributed by atoms with E-state index in [0.29, 0.717) is 6.42 Å². The van der Waals surface area contributed by atoms with Gasteiger partial charge in [-0.3, -0.25) is 4.79 Å². The van der Waals surface area contributed by atoms with Crippen molar-refractivity contribution < 1.29 is 24.5 Å². The van der Waals surface area contributed by atoms with Gasteiger partial charge in [-0.1, -0.05) is 84.9 Å². The molecule has 0 aromatic heterocycles. The minimum absolute atomic E-state index is 0.00160. The maximum absolute atomic E-state index is 12.5. The van der Waals surface area contributed by atoms with E-state index in [1.165, 1.54) is 11.1 Å². The third-order valence-electron chi connectivity index (χ3n) is 6.39. The number of aliphatic carboxylic acids is 1. The summed E-state index contributed by atoms with van der Waals surface area (Å²) in [6.07, 6.45) is 0.766. The number of benzene rings is 3. The van der Waals surface area contributed by atoms with E-state index in [9.17, 15) is 19.8 Å². The molecular weight excluding hydrogens is 478 g/mol. The Bertz CT molecular complexity index is 1140. The average Bonchev–Trinajstić information content (AvgIpc) is 2.87. The van der Waals surface area contributed by atoms with Crippen LogP contribution in [0.15, 0.2) is 84.9 Å². The summed E-state index contributed by atoms with van der Waals surface area (Å²) in [5, 5.41) is 23.8. The predicted octanol–water partition coefficient (Wildman–Crippen LogP) is 5.60. The van der Waals surface area contributed by atoms with Gasteiger partial charge in [0.15, 0.2) is 0 Å². The number of aliphatic hydroxyl groups is 1. The summed E-state index contributed by atoms with van der Waals surface area (Å²) >= 11 is 0. The number of aryl methyl sites for hydroxylation is 2. The number of hydrogen-bond acceptors (Lipinski definition) is 4. The van der Waals surface area contributed by atoms with Crippen LogP contribution in [0.2, 0.25) is 0 Å². The van der Waals surface area contributed by atoms with Crippen molar-refractivity contribution in [3.63, 3.8) is 0 Å². The Labute approximate surface area is 225 Å². The van der Waals surface area contributed by atoms with E-state index in [4.69, 9.17) is 4.74 Å². The summed E-state index contributed by atoms with van der Waals surface area (Å²) in [5.41, 5.74) is 3.59. The molecule has 0 spiro atoms. The lowest BCUT2D eigenvalue weighted by Gasteiger charge is -2.28. The van der Waals surface area contributed by atoms with E-state index in [0.717, 1.165) is 24.0 Å². The monoisotopic (exact) mass is 517 g/mol. The fourth-order valence-corrected chi connectivity index (χ4v) is 4.40.